The molecular weight excluding hydrogens is 724 g/mol. The number of nitrogens with zero attached hydrogens (tertiary/aromatic N) is 5. The lowest BCUT2D eigenvalue weighted by Crippen LogP contribution is -2.56. The molecule has 302 valence electrons. The molecule has 11 nitrogen and oxygen atoms in total. The van der Waals surface area contributed by atoms with E-state index < -0.39 is 35.3 Å². The Morgan fingerprint density at radius 3 is 2.51 bits per heavy atom. The fraction of sp³-hybridized carbons (Fsp3) is 0.511. The normalized spacial score (nSPS) is 23.9. The van der Waals surface area contributed by atoms with Gasteiger partial charge in [0.25, 0.3) is 5.91 Å². The molecule has 3 unspecified atom stereocenters. The molecule has 1 amide bonds. The van der Waals surface area contributed by atoms with Gasteiger partial charge in [0, 0.05) is 67.5 Å². The fourth-order valence-corrected chi connectivity index (χ4v) is 9.37. The molecule has 5 fully saturated rings. The maximum absolute atomic E-state index is 15.9. The summed E-state index contributed by atoms with van der Waals surface area (Å²) in [5, 5.41) is 3.92. The minimum Gasteiger partial charge on any atom is -0.497 e. The highest BCUT2D eigenvalue weighted by Crippen LogP contribution is 2.44. The predicted octanol–water partition coefficient (Wildman–Crippen LogP) is 6.50. The Kier molecular flexibility index (Phi) is 11.1. The summed E-state index contributed by atoms with van der Waals surface area (Å²) in [5.74, 6) is -0.592. The van der Waals surface area contributed by atoms with Gasteiger partial charge in [0.05, 0.1) is 29.9 Å². The second kappa shape index (κ2) is 16.2. The van der Waals surface area contributed by atoms with Crippen molar-refractivity contribution in [2.45, 2.75) is 77.1 Å². The number of halogens is 1. The van der Waals surface area contributed by atoms with Crippen LogP contribution in [-0.2, 0) is 9.53 Å². The third-order valence-electron chi connectivity index (χ3n) is 13.2. The highest BCUT2D eigenvalue weighted by Gasteiger charge is 2.45. The van der Waals surface area contributed by atoms with Gasteiger partial charge in [0.15, 0.2) is 0 Å². The number of pyridine rings is 2. The first-order valence-corrected chi connectivity index (χ1v) is 20.8. The molecule has 6 heterocycles. The monoisotopic (exact) mass is 778 g/mol. The molecule has 2 aromatic heterocycles. The number of nitrogens with one attached hydrogen (secondary N) is 1. The number of aromatic nitrogens is 2. The summed E-state index contributed by atoms with van der Waals surface area (Å²) in [4.78, 5) is 54.4. The van der Waals surface area contributed by atoms with E-state index in [0.29, 0.717) is 48.3 Å². The second-order valence-corrected chi connectivity index (χ2v) is 16.5. The number of fused-ring (bicyclic) bond motifs is 5. The lowest BCUT2D eigenvalue weighted by molar-refractivity contribution is -0.161. The number of piperazine rings is 1. The van der Waals surface area contributed by atoms with Gasteiger partial charge in [-0.3, -0.25) is 19.5 Å². The Hall–Kier alpha value is -4.81. The number of benzene rings is 2. The van der Waals surface area contributed by atoms with Crippen LogP contribution in [0.1, 0.15) is 80.9 Å². The van der Waals surface area contributed by atoms with Crippen LogP contribution in [0.3, 0.4) is 0 Å². The van der Waals surface area contributed by atoms with Crippen LogP contribution in [0.15, 0.2) is 66.2 Å². The van der Waals surface area contributed by atoms with Gasteiger partial charge in [-0.2, -0.15) is 0 Å². The van der Waals surface area contributed by atoms with Crippen molar-refractivity contribution in [2.24, 2.45) is 17.8 Å². The van der Waals surface area contributed by atoms with Crippen molar-refractivity contribution in [1.29, 1.82) is 0 Å². The average Bonchev–Trinajstić information content (AvgIpc) is 4.10. The number of carbonyl (C=O) groups excluding carboxylic acids is 2. The van der Waals surface area contributed by atoms with E-state index in [1.54, 1.807) is 25.6 Å². The molecule has 9 rings (SSSR count). The first-order chi connectivity index (χ1) is 27.6. The maximum Gasteiger partial charge on any atom is 0.329 e. The number of amides is 1. The van der Waals surface area contributed by atoms with E-state index in [2.05, 4.69) is 33.6 Å². The predicted molar refractivity (Wildman–Crippen MR) is 220 cm³/mol. The van der Waals surface area contributed by atoms with Crippen LogP contribution in [-0.4, -0.2) is 96.2 Å². The summed E-state index contributed by atoms with van der Waals surface area (Å²) in [7, 11) is 1.62. The molecule has 2 bridgehead atoms. The third-order valence-corrected chi connectivity index (χ3v) is 13.2. The van der Waals surface area contributed by atoms with Gasteiger partial charge in [0.2, 0.25) is 5.43 Å². The SMILES string of the molecule is C=CC1CN2CC[C@H]1CC2[C@H](OC(=O)[C@@H](NC(=O)c1cn(C2CC2)c2cc(N3CCN(CC)CC3)c(F)cc2c1=O)[C@@H](C)CC)c1ccnc2ccc(OC)cc12. The zero-order valence-electron chi connectivity index (χ0n) is 33.6. The number of esters is 1. The highest BCUT2D eigenvalue weighted by molar-refractivity contribution is 6.00. The first kappa shape index (κ1) is 39.0. The van der Waals surface area contributed by atoms with Crippen LogP contribution in [0, 0.1) is 23.6 Å². The van der Waals surface area contributed by atoms with Crippen molar-refractivity contribution < 1.29 is 23.5 Å². The Balaban J connectivity index is 1.12. The van der Waals surface area contributed by atoms with Gasteiger partial charge in [-0.1, -0.05) is 33.3 Å². The average molecular weight is 779 g/mol. The molecule has 57 heavy (non-hydrogen) atoms. The second-order valence-electron chi connectivity index (χ2n) is 16.5. The quantitative estimate of drug-likeness (QED) is 0.120. The molecule has 1 N–H and O–H groups in total. The molecule has 4 aliphatic heterocycles. The molecule has 1 aliphatic carbocycles. The van der Waals surface area contributed by atoms with E-state index in [1.807, 2.05) is 53.7 Å². The summed E-state index contributed by atoms with van der Waals surface area (Å²) < 4.78 is 30.1. The van der Waals surface area contributed by atoms with Crippen LogP contribution in [0.2, 0.25) is 0 Å². The van der Waals surface area contributed by atoms with Crippen molar-refractivity contribution in [3.8, 4) is 5.75 Å². The minimum atomic E-state index is -1.05. The number of ether oxygens (including phenoxy) is 2. The summed E-state index contributed by atoms with van der Waals surface area (Å²) in [6.45, 7) is 15.8. The van der Waals surface area contributed by atoms with Crippen molar-refractivity contribution in [3.63, 3.8) is 0 Å². The number of carbonyl (C=O) groups is 2. The molecule has 0 radical (unpaired) electrons. The van der Waals surface area contributed by atoms with Gasteiger partial charge in [-0.25, -0.2) is 9.18 Å². The lowest BCUT2D eigenvalue weighted by Gasteiger charge is -2.51. The molecule has 4 aromatic rings. The Morgan fingerprint density at radius 2 is 1.84 bits per heavy atom. The van der Waals surface area contributed by atoms with Gasteiger partial charge in [-0.15, -0.1) is 6.58 Å². The first-order valence-electron chi connectivity index (χ1n) is 20.8. The number of methoxy groups -OCH3 is 1. The van der Waals surface area contributed by atoms with Crippen molar-refractivity contribution >= 4 is 39.4 Å². The van der Waals surface area contributed by atoms with Gasteiger partial charge < -0.3 is 29.2 Å². The van der Waals surface area contributed by atoms with E-state index in [1.165, 1.54) is 6.07 Å². The smallest absolute Gasteiger partial charge is 0.329 e. The van der Waals surface area contributed by atoms with Crippen LogP contribution in [0.25, 0.3) is 21.8 Å². The van der Waals surface area contributed by atoms with Crippen molar-refractivity contribution in [3.05, 3.63) is 88.6 Å². The molecule has 7 atom stereocenters. The number of hydrogen-bond donors (Lipinski definition) is 1. The van der Waals surface area contributed by atoms with Crippen LogP contribution in [0.5, 0.6) is 5.75 Å². The standard InChI is InChI=1S/C45H55FN6O5/c1-6-27(4)41(45(55)57-43(40-21-29-14-16-51(40)25-28(29)7-2)32-13-15-47-37-12-11-31(56-5)22-33(32)37)48-44(54)35-26-52(30-9-10-30)38-24-39(36(46)23-34(38)42(35)53)50-19-17-49(8-3)18-20-50/h7,11-13,15,22-24,26-30,40-41,43H,2,6,8-10,14,16-21,25H2,1,3-5H3,(H,48,54)/t27-,28?,29-,40?,41-,43+/m0/s1. The van der Waals surface area contributed by atoms with Crippen LogP contribution in [0.4, 0.5) is 10.1 Å². The summed E-state index contributed by atoms with van der Waals surface area (Å²) in [5.41, 5.74) is 1.99. The number of hydrogen-bond acceptors (Lipinski definition) is 9. The Labute approximate surface area is 333 Å². The van der Waals surface area contributed by atoms with E-state index in [-0.39, 0.29) is 29.0 Å². The van der Waals surface area contributed by atoms with Crippen molar-refractivity contribution in [2.75, 3.05) is 57.8 Å². The van der Waals surface area contributed by atoms with Gasteiger partial charge >= 0.3 is 5.97 Å². The number of anilines is 1. The fourth-order valence-electron chi connectivity index (χ4n) is 9.37. The maximum atomic E-state index is 15.9. The molecule has 1 saturated carbocycles. The van der Waals surface area contributed by atoms with Crippen LogP contribution >= 0.6 is 0 Å². The van der Waals surface area contributed by atoms with E-state index in [0.717, 1.165) is 74.9 Å². The highest BCUT2D eigenvalue weighted by atomic mass is 19.1. The van der Waals surface area contributed by atoms with Crippen LogP contribution < -0.4 is 20.4 Å². The van der Waals surface area contributed by atoms with E-state index in [4.69, 9.17) is 9.47 Å². The summed E-state index contributed by atoms with van der Waals surface area (Å²) >= 11 is 0. The third kappa shape index (κ3) is 7.54. The minimum absolute atomic E-state index is 0.0984. The molecule has 4 saturated heterocycles. The Morgan fingerprint density at radius 1 is 1.05 bits per heavy atom. The molecule has 0 spiro atoms. The number of likely N-dealkylation sites (N-methyl/N-ethyl adjacent to an activating group) is 1. The molecule has 2 aromatic carbocycles. The van der Waals surface area contributed by atoms with Gasteiger partial charge in [-0.05, 0) is 92.9 Å². The molecule has 5 aliphatic rings. The van der Waals surface area contributed by atoms with Gasteiger partial charge in [0.1, 0.15) is 29.3 Å². The largest absolute Gasteiger partial charge is 0.497 e. The topological polar surface area (TPSA) is 109 Å². The zero-order chi connectivity index (χ0) is 40.0. The summed E-state index contributed by atoms with van der Waals surface area (Å²) in [6.07, 6.45) is 8.97. The lowest BCUT2D eigenvalue weighted by atomic mass is 9.73. The van der Waals surface area contributed by atoms with E-state index >= 15 is 4.39 Å². The van der Waals surface area contributed by atoms with E-state index in [9.17, 15) is 14.4 Å². The summed E-state index contributed by atoms with van der Waals surface area (Å²) in [6, 6.07) is 9.62. The van der Waals surface area contributed by atoms with Crippen molar-refractivity contribution in [1.82, 2.24) is 24.7 Å². The Bertz CT molecular complexity index is 2230. The molecule has 12 heteroatoms. The number of piperidine rings is 3. The molecular formula is C45H55FN6O5. The zero-order valence-corrected chi connectivity index (χ0v) is 33.6. The number of rotatable bonds is 13.